The molecule has 0 aromatic rings. The number of hydrogen-bond acceptors (Lipinski definition) is 1. The average molecular weight is 242 g/mol. The Morgan fingerprint density at radius 2 is 1.94 bits per heavy atom. The Hall–Kier alpha value is -0.860. The highest BCUT2D eigenvalue weighted by atomic mass is 19.1. The lowest BCUT2D eigenvalue weighted by Crippen LogP contribution is -2.31. The van der Waals surface area contributed by atoms with Crippen LogP contribution in [0.15, 0.2) is 12.4 Å². The Kier molecular flexibility index (Phi) is 4.00. The van der Waals surface area contributed by atoms with Gasteiger partial charge in [0.15, 0.2) is 0 Å². The molecule has 0 radical (unpaired) electrons. The average Bonchev–Trinajstić information content (AvgIpc) is 2.36. The highest BCUT2D eigenvalue weighted by Gasteiger charge is 2.51. The highest BCUT2D eigenvalue weighted by Crippen LogP contribution is 2.60. The maximum Gasteiger partial charge on any atom is 0.303 e. The summed E-state index contributed by atoms with van der Waals surface area (Å²) in [5.74, 6) is -0.873. The smallest absolute Gasteiger partial charge is 0.303 e. The van der Waals surface area contributed by atoms with Crippen LogP contribution in [0.25, 0.3) is 0 Å². The molecule has 0 heterocycles. The molecule has 0 aromatic heterocycles. The molecule has 1 rings (SSSR count). The zero-order chi connectivity index (χ0) is 13.3. The summed E-state index contributed by atoms with van der Waals surface area (Å²) in [4.78, 5) is 10.8. The second kappa shape index (κ2) is 4.79. The first-order valence-corrected chi connectivity index (χ1v) is 6.27. The van der Waals surface area contributed by atoms with Gasteiger partial charge >= 0.3 is 5.97 Å². The molecule has 3 unspecified atom stereocenters. The van der Waals surface area contributed by atoms with Gasteiger partial charge in [0.1, 0.15) is 0 Å². The maximum absolute atomic E-state index is 13.2. The fourth-order valence-corrected chi connectivity index (χ4v) is 3.51. The number of hydrogen-bond donors (Lipinski definition) is 1. The van der Waals surface area contributed by atoms with Gasteiger partial charge in [0.25, 0.3) is 0 Å². The summed E-state index contributed by atoms with van der Waals surface area (Å²) in [5, 5.41) is 8.88. The summed E-state index contributed by atoms with van der Waals surface area (Å²) in [7, 11) is 0. The number of rotatable bonds is 5. The van der Waals surface area contributed by atoms with Crippen molar-refractivity contribution in [3.05, 3.63) is 12.4 Å². The molecule has 17 heavy (non-hydrogen) atoms. The summed E-state index contributed by atoms with van der Waals surface area (Å²) in [6.45, 7) is 9.69. The maximum atomic E-state index is 13.2. The monoisotopic (exact) mass is 242 g/mol. The molecule has 1 aliphatic carbocycles. The first-order chi connectivity index (χ1) is 7.72. The summed E-state index contributed by atoms with van der Waals surface area (Å²) in [6, 6.07) is 0. The van der Waals surface area contributed by atoms with E-state index in [1.165, 1.54) is 0 Å². The summed E-state index contributed by atoms with van der Waals surface area (Å²) in [5.41, 5.74) is -0.143. The second-order valence-corrected chi connectivity index (χ2v) is 6.04. The molecular formula is C14H23FO2. The molecule has 0 aromatic carbocycles. The zero-order valence-electron chi connectivity index (χ0n) is 11.1. The minimum Gasteiger partial charge on any atom is -0.481 e. The Balaban J connectivity index is 2.87. The van der Waals surface area contributed by atoms with Gasteiger partial charge in [-0.3, -0.25) is 4.79 Å². The third-order valence-corrected chi connectivity index (χ3v) is 4.76. The van der Waals surface area contributed by atoms with Crippen molar-refractivity contribution >= 4 is 5.97 Å². The number of carboxylic acid groups (broad SMARTS) is 1. The van der Waals surface area contributed by atoms with Gasteiger partial charge in [-0.15, -0.1) is 0 Å². The minimum atomic E-state index is -0.753. The molecule has 1 saturated carbocycles. The van der Waals surface area contributed by atoms with Crippen LogP contribution in [0.2, 0.25) is 0 Å². The standard InChI is InChI=1S/C14H23FO2/c1-5-13(3)8-11(6-12(16)17)9-14(13,4)7-10(2)15/h11H,2,5-9H2,1,3-4H3,(H,16,17). The molecule has 0 saturated heterocycles. The van der Waals surface area contributed by atoms with Crippen LogP contribution >= 0.6 is 0 Å². The van der Waals surface area contributed by atoms with Gasteiger partial charge in [-0.05, 0) is 29.6 Å². The molecule has 1 aliphatic rings. The van der Waals surface area contributed by atoms with Crippen LogP contribution in [-0.2, 0) is 4.79 Å². The van der Waals surface area contributed by atoms with Crippen molar-refractivity contribution in [1.29, 1.82) is 0 Å². The number of allylic oxidation sites excluding steroid dienone is 1. The Labute approximate surface area is 103 Å². The van der Waals surface area contributed by atoms with Crippen molar-refractivity contribution < 1.29 is 14.3 Å². The van der Waals surface area contributed by atoms with E-state index < -0.39 is 5.97 Å². The van der Waals surface area contributed by atoms with E-state index in [1.54, 1.807) is 0 Å². The quantitative estimate of drug-likeness (QED) is 0.785. The van der Waals surface area contributed by atoms with Gasteiger partial charge in [0, 0.05) is 12.8 Å². The number of aliphatic carboxylic acids is 1. The van der Waals surface area contributed by atoms with E-state index >= 15 is 0 Å². The van der Waals surface area contributed by atoms with Crippen LogP contribution in [0, 0.1) is 16.7 Å². The van der Waals surface area contributed by atoms with Gasteiger partial charge in [0.05, 0.1) is 5.83 Å². The fourth-order valence-electron chi connectivity index (χ4n) is 3.51. The molecular weight excluding hydrogens is 219 g/mol. The summed E-state index contributed by atoms with van der Waals surface area (Å²) < 4.78 is 13.2. The molecule has 1 fully saturated rings. The van der Waals surface area contributed by atoms with Gasteiger partial charge in [-0.2, -0.15) is 0 Å². The van der Waals surface area contributed by atoms with E-state index in [2.05, 4.69) is 27.4 Å². The van der Waals surface area contributed by atoms with E-state index in [0.29, 0.717) is 6.42 Å². The molecule has 0 bridgehead atoms. The lowest BCUT2D eigenvalue weighted by atomic mass is 9.64. The van der Waals surface area contributed by atoms with Crippen molar-refractivity contribution in [3.63, 3.8) is 0 Å². The first-order valence-electron chi connectivity index (χ1n) is 6.27. The largest absolute Gasteiger partial charge is 0.481 e. The van der Waals surface area contributed by atoms with Crippen molar-refractivity contribution in [2.24, 2.45) is 16.7 Å². The Bertz CT molecular complexity index is 326. The van der Waals surface area contributed by atoms with Gasteiger partial charge in [-0.25, -0.2) is 4.39 Å². The van der Waals surface area contributed by atoms with E-state index in [-0.39, 0.29) is 29.0 Å². The van der Waals surface area contributed by atoms with Crippen LogP contribution in [0.3, 0.4) is 0 Å². The van der Waals surface area contributed by atoms with Gasteiger partial charge < -0.3 is 5.11 Å². The SMILES string of the molecule is C=C(F)CC1(C)CC(CC(=O)O)CC1(C)CC. The van der Waals surface area contributed by atoms with E-state index in [9.17, 15) is 9.18 Å². The van der Waals surface area contributed by atoms with Crippen molar-refractivity contribution in [3.8, 4) is 0 Å². The van der Waals surface area contributed by atoms with Crippen LogP contribution in [-0.4, -0.2) is 11.1 Å². The predicted molar refractivity (Wildman–Crippen MR) is 66.3 cm³/mol. The Morgan fingerprint density at radius 3 is 2.35 bits per heavy atom. The van der Waals surface area contributed by atoms with Crippen molar-refractivity contribution in [2.45, 2.75) is 52.9 Å². The lowest BCUT2D eigenvalue weighted by Gasteiger charge is -2.40. The summed E-state index contributed by atoms with van der Waals surface area (Å²) >= 11 is 0. The minimum absolute atomic E-state index is 0.0160. The molecule has 0 amide bonds. The zero-order valence-corrected chi connectivity index (χ0v) is 11.1. The van der Waals surface area contributed by atoms with Crippen LogP contribution in [0.4, 0.5) is 4.39 Å². The summed E-state index contributed by atoms with van der Waals surface area (Å²) in [6.07, 6.45) is 3.16. The van der Waals surface area contributed by atoms with Crippen LogP contribution in [0.5, 0.6) is 0 Å². The molecule has 3 heteroatoms. The second-order valence-electron chi connectivity index (χ2n) is 6.04. The number of carbonyl (C=O) groups is 1. The van der Waals surface area contributed by atoms with E-state index in [4.69, 9.17) is 5.11 Å². The molecule has 3 atom stereocenters. The molecule has 0 aliphatic heterocycles. The van der Waals surface area contributed by atoms with E-state index in [1.807, 2.05) is 0 Å². The highest BCUT2D eigenvalue weighted by molar-refractivity contribution is 5.67. The van der Waals surface area contributed by atoms with Crippen LogP contribution in [0.1, 0.15) is 52.9 Å². The third-order valence-electron chi connectivity index (χ3n) is 4.76. The van der Waals surface area contributed by atoms with E-state index in [0.717, 1.165) is 19.3 Å². The fraction of sp³-hybridized carbons (Fsp3) is 0.786. The topological polar surface area (TPSA) is 37.3 Å². The molecule has 2 nitrogen and oxygen atoms in total. The van der Waals surface area contributed by atoms with Crippen LogP contribution < -0.4 is 0 Å². The van der Waals surface area contributed by atoms with Crippen molar-refractivity contribution in [2.75, 3.05) is 0 Å². The van der Waals surface area contributed by atoms with Gasteiger partial charge in [-0.1, -0.05) is 33.8 Å². The molecule has 1 N–H and O–H groups in total. The third kappa shape index (κ3) is 2.88. The lowest BCUT2D eigenvalue weighted by molar-refractivity contribution is -0.138. The van der Waals surface area contributed by atoms with Crippen molar-refractivity contribution in [1.82, 2.24) is 0 Å². The number of halogens is 1. The molecule has 98 valence electrons. The Morgan fingerprint density at radius 1 is 1.41 bits per heavy atom. The van der Waals surface area contributed by atoms with Gasteiger partial charge in [0.2, 0.25) is 0 Å². The predicted octanol–water partition coefficient (Wildman–Crippen LogP) is 4.17. The normalized spacial score (nSPS) is 37.1. The molecule has 0 spiro atoms. The number of carboxylic acids is 1. The first kappa shape index (κ1) is 14.2.